The number of rotatable bonds is 3. The minimum absolute atomic E-state index is 0.0234. The highest BCUT2D eigenvalue weighted by Crippen LogP contribution is 2.47. The number of anilines is 1. The van der Waals surface area contributed by atoms with Crippen molar-refractivity contribution in [1.82, 2.24) is 0 Å². The van der Waals surface area contributed by atoms with Gasteiger partial charge >= 0.3 is 0 Å². The molecule has 2 unspecified atom stereocenters. The highest BCUT2D eigenvalue weighted by Gasteiger charge is 2.33. The van der Waals surface area contributed by atoms with Crippen LogP contribution in [0.4, 0.5) is 5.69 Å². The van der Waals surface area contributed by atoms with E-state index in [1.54, 1.807) is 6.07 Å². The Morgan fingerprint density at radius 1 is 1.59 bits per heavy atom. The van der Waals surface area contributed by atoms with Crippen LogP contribution in [0, 0.1) is 0 Å². The van der Waals surface area contributed by atoms with Crippen LogP contribution < -0.4 is 11.1 Å². The normalized spacial score (nSPS) is 21.5. The first kappa shape index (κ1) is 12.3. The van der Waals surface area contributed by atoms with Gasteiger partial charge in [-0.1, -0.05) is 30.5 Å². The number of fused-ring (bicyclic) bond motifs is 1. The van der Waals surface area contributed by atoms with E-state index < -0.39 is 11.2 Å². The molecule has 1 aromatic rings. The maximum Gasteiger partial charge on any atom is 0.178 e. The number of nitrogens with one attached hydrogen (secondary N) is 1. The van der Waals surface area contributed by atoms with E-state index in [2.05, 4.69) is 11.9 Å². The van der Waals surface area contributed by atoms with Crippen molar-refractivity contribution in [2.45, 2.75) is 16.1 Å². The van der Waals surface area contributed by atoms with E-state index in [4.69, 9.17) is 5.73 Å². The van der Waals surface area contributed by atoms with Crippen molar-refractivity contribution in [3.05, 3.63) is 30.4 Å². The Kier molecular flexibility index (Phi) is 3.05. The Bertz CT molecular complexity index is 466. The quantitative estimate of drug-likeness (QED) is 0.398. The summed E-state index contributed by atoms with van der Waals surface area (Å²) in [4.78, 5) is 0.588. The molecule has 0 aliphatic carbocycles. The van der Waals surface area contributed by atoms with Gasteiger partial charge in [0.25, 0.3) is 0 Å². The molecular weight excluding hydrogens is 240 g/mol. The SMILES string of the molecule is C=CC(O)(CN)c1ccc(O)c2c1SC(O)N2. The first-order valence-electron chi connectivity index (χ1n) is 5.05. The number of phenols is 1. The average Bonchev–Trinajstić information content (AvgIpc) is 2.71. The van der Waals surface area contributed by atoms with Crippen LogP contribution in [-0.4, -0.2) is 27.4 Å². The molecular formula is C11H14N2O3S. The van der Waals surface area contributed by atoms with E-state index in [0.717, 1.165) is 11.8 Å². The van der Waals surface area contributed by atoms with Crippen LogP contribution in [0.15, 0.2) is 29.7 Å². The summed E-state index contributed by atoms with van der Waals surface area (Å²) in [6.07, 6.45) is 1.35. The molecule has 1 aliphatic rings. The number of aliphatic hydroxyl groups excluding tert-OH is 1. The molecule has 5 nitrogen and oxygen atoms in total. The largest absolute Gasteiger partial charge is 0.506 e. The van der Waals surface area contributed by atoms with Crippen LogP contribution in [0.1, 0.15) is 5.56 Å². The second-order valence-corrected chi connectivity index (χ2v) is 4.87. The molecule has 0 bridgehead atoms. The van der Waals surface area contributed by atoms with E-state index in [1.807, 2.05) is 0 Å². The molecule has 92 valence electrons. The summed E-state index contributed by atoms with van der Waals surface area (Å²) >= 11 is 1.11. The molecule has 17 heavy (non-hydrogen) atoms. The number of nitrogens with two attached hydrogens (primary N) is 1. The number of hydrogen-bond donors (Lipinski definition) is 5. The van der Waals surface area contributed by atoms with Crippen molar-refractivity contribution in [3.8, 4) is 5.75 Å². The average molecular weight is 254 g/mol. The van der Waals surface area contributed by atoms with Gasteiger partial charge in [-0.3, -0.25) is 0 Å². The van der Waals surface area contributed by atoms with Gasteiger partial charge < -0.3 is 26.4 Å². The summed E-state index contributed by atoms with van der Waals surface area (Å²) < 4.78 is 0. The zero-order chi connectivity index (χ0) is 12.6. The standard InChI is InChI=1S/C11H14N2O3S/c1-2-11(16,5-12)6-3-4-7(14)8-9(6)17-10(15)13-8/h2-4,10,13-16H,1,5,12H2. The molecule has 1 aliphatic heterocycles. The summed E-state index contributed by atoms with van der Waals surface area (Å²) in [5, 5.41) is 32.2. The van der Waals surface area contributed by atoms with Gasteiger partial charge in [-0.05, 0) is 6.07 Å². The third-order valence-corrected chi connectivity index (χ3v) is 3.75. The van der Waals surface area contributed by atoms with Crippen LogP contribution in [0.3, 0.4) is 0 Å². The minimum Gasteiger partial charge on any atom is -0.506 e. The molecule has 1 aromatic carbocycles. The Hall–Kier alpha value is -1.21. The fraction of sp³-hybridized carbons (Fsp3) is 0.273. The van der Waals surface area contributed by atoms with Crippen LogP contribution >= 0.6 is 11.8 Å². The molecule has 0 saturated carbocycles. The molecule has 0 saturated heterocycles. The summed E-state index contributed by atoms with van der Waals surface area (Å²) in [5.74, 6) is 0.0243. The first-order chi connectivity index (χ1) is 8.01. The van der Waals surface area contributed by atoms with Crippen LogP contribution in [0.2, 0.25) is 0 Å². The Morgan fingerprint density at radius 3 is 2.88 bits per heavy atom. The molecule has 2 atom stereocenters. The Labute approximate surface area is 103 Å². The number of benzene rings is 1. The Balaban J connectivity index is 2.58. The monoisotopic (exact) mass is 254 g/mol. The van der Waals surface area contributed by atoms with Gasteiger partial charge in [-0.2, -0.15) is 0 Å². The van der Waals surface area contributed by atoms with E-state index in [0.29, 0.717) is 16.1 Å². The van der Waals surface area contributed by atoms with Crippen molar-refractivity contribution >= 4 is 17.4 Å². The lowest BCUT2D eigenvalue weighted by molar-refractivity contribution is 0.0966. The first-order valence-corrected chi connectivity index (χ1v) is 5.93. The minimum atomic E-state index is -1.36. The smallest absolute Gasteiger partial charge is 0.178 e. The highest BCUT2D eigenvalue weighted by molar-refractivity contribution is 8.00. The molecule has 6 N–H and O–H groups in total. The molecule has 0 spiro atoms. The lowest BCUT2D eigenvalue weighted by Gasteiger charge is -2.25. The van der Waals surface area contributed by atoms with E-state index in [1.165, 1.54) is 12.1 Å². The van der Waals surface area contributed by atoms with E-state index in [-0.39, 0.29) is 12.3 Å². The summed E-state index contributed by atoms with van der Waals surface area (Å²) in [7, 11) is 0. The topological polar surface area (TPSA) is 98.7 Å². The van der Waals surface area contributed by atoms with E-state index >= 15 is 0 Å². The summed E-state index contributed by atoms with van der Waals surface area (Å²) in [5.41, 5.74) is 4.27. The lowest BCUT2D eigenvalue weighted by Crippen LogP contribution is -2.32. The van der Waals surface area contributed by atoms with Crippen LogP contribution in [-0.2, 0) is 5.60 Å². The van der Waals surface area contributed by atoms with Gasteiger partial charge in [0.2, 0.25) is 0 Å². The third-order valence-electron chi connectivity index (χ3n) is 2.75. The number of aromatic hydroxyl groups is 1. The number of aliphatic hydroxyl groups is 2. The third kappa shape index (κ3) is 1.89. The molecule has 2 rings (SSSR count). The summed E-state index contributed by atoms with van der Waals surface area (Å²) in [6, 6.07) is 3.03. The molecule has 0 amide bonds. The predicted molar refractivity (Wildman–Crippen MR) is 66.7 cm³/mol. The number of thioether (sulfide) groups is 1. The maximum atomic E-state index is 10.3. The second kappa shape index (κ2) is 4.23. The number of hydrogen-bond acceptors (Lipinski definition) is 6. The molecule has 0 radical (unpaired) electrons. The van der Waals surface area contributed by atoms with Crippen molar-refractivity contribution in [2.24, 2.45) is 5.73 Å². The zero-order valence-corrected chi connectivity index (χ0v) is 9.87. The predicted octanol–water partition coefficient (Wildman–Crippen LogP) is 0.518. The lowest BCUT2D eigenvalue weighted by atomic mass is 9.93. The molecule has 6 heteroatoms. The second-order valence-electron chi connectivity index (χ2n) is 3.78. The fourth-order valence-corrected chi connectivity index (χ4v) is 2.80. The van der Waals surface area contributed by atoms with Crippen molar-refractivity contribution in [1.29, 1.82) is 0 Å². The Morgan fingerprint density at radius 2 is 2.29 bits per heavy atom. The van der Waals surface area contributed by atoms with Gasteiger partial charge in [0.15, 0.2) is 5.56 Å². The van der Waals surface area contributed by atoms with Gasteiger partial charge in [0.1, 0.15) is 11.4 Å². The fourth-order valence-electron chi connectivity index (χ4n) is 1.74. The number of phenolic OH excluding ortho intramolecular Hbond substituents is 1. The van der Waals surface area contributed by atoms with Gasteiger partial charge in [0.05, 0.1) is 5.69 Å². The molecule has 1 heterocycles. The van der Waals surface area contributed by atoms with Crippen molar-refractivity contribution < 1.29 is 15.3 Å². The highest BCUT2D eigenvalue weighted by atomic mass is 32.2. The summed E-state index contributed by atoms with van der Waals surface area (Å²) in [6.45, 7) is 3.54. The van der Waals surface area contributed by atoms with Crippen molar-refractivity contribution in [3.63, 3.8) is 0 Å². The zero-order valence-electron chi connectivity index (χ0n) is 9.05. The van der Waals surface area contributed by atoms with Crippen LogP contribution in [0.25, 0.3) is 0 Å². The molecule has 0 aromatic heterocycles. The van der Waals surface area contributed by atoms with Crippen molar-refractivity contribution in [2.75, 3.05) is 11.9 Å². The van der Waals surface area contributed by atoms with Gasteiger partial charge in [-0.25, -0.2) is 0 Å². The van der Waals surface area contributed by atoms with Crippen LogP contribution in [0.5, 0.6) is 5.75 Å². The molecule has 0 fully saturated rings. The van der Waals surface area contributed by atoms with E-state index in [9.17, 15) is 15.3 Å². The maximum absolute atomic E-state index is 10.3. The van der Waals surface area contributed by atoms with Gasteiger partial charge in [-0.15, -0.1) is 0 Å². The van der Waals surface area contributed by atoms with Gasteiger partial charge in [0, 0.05) is 17.0 Å².